The van der Waals surface area contributed by atoms with Crippen LogP contribution in [0.4, 0.5) is 28.4 Å². The Hall–Kier alpha value is -1.21. The fourth-order valence-corrected chi connectivity index (χ4v) is 5.34. The van der Waals surface area contributed by atoms with Gasteiger partial charge in [-0.05, 0) is 36.4 Å². The van der Waals surface area contributed by atoms with Crippen LogP contribution in [0.15, 0.2) is 84.8 Å². The summed E-state index contributed by atoms with van der Waals surface area (Å²) in [6.45, 7) is 3.32. The van der Waals surface area contributed by atoms with Gasteiger partial charge >= 0.3 is 106 Å². The van der Waals surface area contributed by atoms with Gasteiger partial charge in [-0.3, -0.25) is 4.55 Å². The first-order chi connectivity index (χ1) is 21.9. The van der Waals surface area contributed by atoms with Crippen LogP contribution in [0.25, 0.3) is 10.8 Å². The Morgan fingerprint density at radius 3 is 2.02 bits per heavy atom. The molecule has 0 aromatic heterocycles. The third-order valence-electron chi connectivity index (χ3n) is 5.97. The molecule has 24 heteroatoms. The molecule has 4 aromatic carbocycles. The normalized spacial score (nSPS) is 11.3. The van der Waals surface area contributed by atoms with Gasteiger partial charge in [0.05, 0.1) is 22.6 Å². The van der Waals surface area contributed by atoms with E-state index in [0.29, 0.717) is 22.2 Å². The van der Waals surface area contributed by atoms with Crippen molar-refractivity contribution in [3.05, 3.63) is 74.7 Å². The van der Waals surface area contributed by atoms with E-state index in [0.717, 1.165) is 18.2 Å². The molecule has 0 heterocycles. The van der Waals surface area contributed by atoms with Gasteiger partial charge in [-0.25, -0.2) is 25.3 Å². The molecule has 0 aliphatic carbocycles. The standard InChI is InChI=1S/C27H24N5O8S2.Cu.3Na.H2O4S/c1-5-41(34,35)17-7-10-20(25(15-17)42(36,37)38)29-32-26-18-8-12-22(27(40-4)19(18)9-11-21(26)28-2)30-31-23-14-16(39-3)6-13-24(23)33;;;;;1-5(2,3)4/h6-11,13-15,28,33H,1,4-5H2,2-3H3,(H,36,37,38);;;;;(H2,1,2,3,4)/q-3;4*+1;/p-2. The quantitative estimate of drug-likeness (QED) is 0.0452. The number of nitrogens with zero attached hydrogens (tertiary/aromatic N) is 4. The molecule has 0 saturated heterocycles. The minimum Gasteiger partial charge on any atom is -0.744 e. The maximum Gasteiger partial charge on any atom is 1.00 e. The Morgan fingerprint density at radius 2 is 1.49 bits per heavy atom. The first kappa shape index (κ1) is 51.9. The number of aromatic hydroxyl groups is 1. The van der Waals surface area contributed by atoms with Gasteiger partial charge in [0, 0.05) is 30.2 Å². The van der Waals surface area contributed by atoms with Crippen molar-refractivity contribution < 1.29 is 159 Å². The number of ether oxygens (including phenoxy) is 2. The topological polar surface area (TPSA) is 269 Å². The molecule has 4 aromatic rings. The van der Waals surface area contributed by atoms with Crippen molar-refractivity contribution in [1.29, 1.82) is 0 Å². The second-order valence-electron chi connectivity index (χ2n) is 8.87. The number of anilines is 1. The molecule has 0 amide bonds. The van der Waals surface area contributed by atoms with Crippen LogP contribution < -0.4 is 103 Å². The molecule has 0 radical (unpaired) electrons. The molecule has 0 fully saturated rings. The first-order valence-corrected chi connectivity index (χ1v) is 17.0. The number of methoxy groups -OCH3 is 1. The van der Waals surface area contributed by atoms with Crippen molar-refractivity contribution >= 4 is 69.6 Å². The Labute approximate surface area is 371 Å². The molecular weight excluding hydrogens is 815 g/mol. The van der Waals surface area contributed by atoms with E-state index in [-0.39, 0.29) is 145 Å². The van der Waals surface area contributed by atoms with E-state index in [1.165, 1.54) is 25.3 Å². The van der Waals surface area contributed by atoms with Crippen LogP contribution in [0.1, 0.15) is 0 Å². The number of sulfone groups is 1. The van der Waals surface area contributed by atoms with Crippen LogP contribution in [-0.2, 0) is 47.4 Å². The van der Waals surface area contributed by atoms with Crippen LogP contribution in [0, 0.1) is 20.1 Å². The monoisotopic (exact) mass is 838 g/mol. The third kappa shape index (κ3) is 14.5. The fourth-order valence-electron chi connectivity index (χ4n) is 3.82. The average molecular weight is 839 g/mol. The average Bonchev–Trinajstić information content (AvgIpc) is 3.01. The van der Waals surface area contributed by atoms with E-state index >= 15 is 0 Å². The maximum absolute atomic E-state index is 12.2. The Bertz CT molecular complexity index is 2200. The minimum atomic E-state index is -5.13. The van der Waals surface area contributed by atoms with E-state index in [1.807, 2.05) is 0 Å². The number of phenols is 1. The number of benzene rings is 4. The molecule has 0 aliphatic rings. The Balaban J connectivity index is 0. The number of azo groups is 2. The van der Waals surface area contributed by atoms with E-state index in [2.05, 4.69) is 45.9 Å². The van der Waals surface area contributed by atoms with Gasteiger partial charge in [0.15, 0.2) is 9.84 Å². The molecule has 51 heavy (non-hydrogen) atoms. The largest absolute Gasteiger partial charge is 1.00 e. The SMILES string of the molecule is O=S(=O)([O-])O.[CH2-]CS(=O)(=O)c1ccc(N=Nc2c(NC)ccc3c(O[CH2-])c(N=Nc4cc(OC)ccc4O)[c-]cc23)c(S(=O)(=O)[O-])c1.[Cu+].[Na+].[Na+].[Na+]. The van der Waals surface area contributed by atoms with Gasteiger partial charge in [0.2, 0.25) is 10.4 Å². The van der Waals surface area contributed by atoms with Crippen LogP contribution >= 0.6 is 0 Å². The Morgan fingerprint density at radius 1 is 0.882 bits per heavy atom. The van der Waals surface area contributed by atoms with E-state index in [4.69, 9.17) is 27.0 Å². The van der Waals surface area contributed by atoms with Crippen molar-refractivity contribution in [3.8, 4) is 17.2 Å². The number of hydrogen-bond donors (Lipinski definition) is 3. The third-order valence-corrected chi connectivity index (χ3v) is 8.35. The van der Waals surface area contributed by atoms with E-state index < -0.39 is 41.0 Å². The molecule has 3 N–H and O–H groups in total. The summed E-state index contributed by atoms with van der Waals surface area (Å²) in [6, 6.07) is 15.1. The zero-order valence-electron chi connectivity index (χ0n) is 27.6. The summed E-state index contributed by atoms with van der Waals surface area (Å²) in [4.78, 5) is -1.24. The van der Waals surface area contributed by atoms with Crippen LogP contribution in [0.5, 0.6) is 17.2 Å². The minimum absolute atomic E-state index is 0. The molecule has 17 nitrogen and oxygen atoms in total. The van der Waals surface area contributed by atoms with Gasteiger partial charge in [0.1, 0.15) is 33.0 Å². The van der Waals surface area contributed by atoms with Crippen LogP contribution in [0.2, 0.25) is 0 Å². The van der Waals surface area contributed by atoms with Gasteiger partial charge in [-0.1, -0.05) is 22.6 Å². The summed E-state index contributed by atoms with van der Waals surface area (Å²) >= 11 is 0. The second-order valence-corrected chi connectivity index (χ2v) is 13.2. The van der Waals surface area contributed by atoms with E-state index in [1.54, 1.807) is 25.2 Å². The summed E-state index contributed by atoms with van der Waals surface area (Å²) in [5.41, 5.74) is 0.585. The second kappa shape index (κ2) is 22.2. The van der Waals surface area contributed by atoms with Crippen molar-refractivity contribution in [1.82, 2.24) is 0 Å². The van der Waals surface area contributed by atoms with Gasteiger partial charge in [-0.2, -0.15) is 34.6 Å². The summed E-state index contributed by atoms with van der Waals surface area (Å²) in [5, 5.41) is 30.3. The van der Waals surface area contributed by atoms with Gasteiger partial charge in [-0.15, -0.1) is 5.11 Å². The number of phenolic OH excluding ortho intramolecular Hbond substituents is 1. The predicted octanol–water partition coefficient (Wildman–Crippen LogP) is -4.08. The van der Waals surface area contributed by atoms with E-state index in [9.17, 15) is 26.5 Å². The van der Waals surface area contributed by atoms with Gasteiger partial charge in [0.25, 0.3) is 0 Å². The zero-order valence-corrected chi connectivity index (χ0v) is 37.0. The molecule has 0 unspecified atom stereocenters. The summed E-state index contributed by atoms with van der Waals surface area (Å²) in [7, 11) is -7.36. The molecule has 262 valence electrons. The molecule has 4 rings (SSSR count). The van der Waals surface area contributed by atoms with Crippen molar-refractivity contribution in [2.75, 3.05) is 25.2 Å². The molecule has 0 saturated carbocycles. The van der Waals surface area contributed by atoms with Crippen molar-refractivity contribution in [2.45, 2.75) is 9.79 Å². The van der Waals surface area contributed by atoms with Crippen LogP contribution in [0.3, 0.4) is 0 Å². The van der Waals surface area contributed by atoms with Gasteiger partial charge < -0.3 is 35.9 Å². The zero-order chi connectivity index (χ0) is 35.2. The summed E-state index contributed by atoms with van der Waals surface area (Å²) in [6.07, 6.45) is 0. The fraction of sp³-hybridized carbons (Fsp3) is 0.111. The molecule has 0 aliphatic heterocycles. The number of rotatable bonds is 10. The Kier molecular flexibility index (Phi) is 22.6. The first-order valence-electron chi connectivity index (χ1n) is 12.6. The molecule has 0 bridgehead atoms. The molecular formula is C27H24CuN5Na3O12S3-. The number of nitrogens with one attached hydrogen (secondary N) is 1. The number of hydrogen-bond acceptors (Lipinski definition) is 16. The summed E-state index contributed by atoms with van der Waals surface area (Å²) in [5.74, 6) is -0.0546. The number of fused-ring (bicyclic) bond motifs is 1. The maximum atomic E-state index is 12.2. The summed E-state index contributed by atoms with van der Waals surface area (Å²) < 4.78 is 104. The van der Waals surface area contributed by atoms with Crippen LogP contribution in [-0.4, -0.2) is 63.9 Å². The van der Waals surface area contributed by atoms with Crippen molar-refractivity contribution in [3.63, 3.8) is 0 Å². The smallest absolute Gasteiger partial charge is 0.744 e. The molecule has 0 atom stereocenters. The predicted molar refractivity (Wildman–Crippen MR) is 165 cm³/mol. The van der Waals surface area contributed by atoms with Crippen molar-refractivity contribution in [2.24, 2.45) is 20.5 Å². The molecule has 0 spiro atoms.